The largest absolute Gasteiger partial charge is 0.397 e. The number of nitrogen functional groups attached to an aromatic ring is 1. The molecule has 0 bridgehead atoms. The van der Waals surface area contributed by atoms with Gasteiger partial charge in [0.2, 0.25) is 0 Å². The zero-order valence-corrected chi connectivity index (χ0v) is 18.3. The lowest BCUT2D eigenvalue weighted by molar-refractivity contribution is -0.384. The molecule has 32 heavy (non-hydrogen) atoms. The molecule has 0 radical (unpaired) electrons. The summed E-state index contributed by atoms with van der Waals surface area (Å²) < 4.78 is 0. The lowest BCUT2D eigenvalue weighted by Crippen LogP contribution is -2.12. The van der Waals surface area contributed by atoms with E-state index < -0.39 is 4.92 Å². The van der Waals surface area contributed by atoms with Crippen molar-refractivity contribution in [3.05, 3.63) is 79.8 Å². The van der Waals surface area contributed by atoms with Crippen molar-refractivity contribution in [1.82, 2.24) is 4.98 Å². The molecule has 0 atom stereocenters. The van der Waals surface area contributed by atoms with E-state index in [0.717, 1.165) is 46.3 Å². The van der Waals surface area contributed by atoms with Crippen molar-refractivity contribution in [3.8, 4) is 11.1 Å². The maximum absolute atomic E-state index is 13.0. The van der Waals surface area contributed by atoms with Gasteiger partial charge in [-0.1, -0.05) is 23.7 Å². The molecule has 3 N–H and O–H groups in total. The number of nitrogens with two attached hydrogens (primary N) is 1. The number of hydrogen-bond acceptors (Lipinski definition) is 6. The molecule has 2 heterocycles. The molecule has 5 rings (SSSR count). The summed E-state index contributed by atoms with van der Waals surface area (Å²) in [7, 11) is 0. The third-order valence-electron chi connectivity index (χ3n) is 5.58. The maximum Gasteiger partial charge on any atom is 0.269 e. The Labute approximate surface area is 192 Å². The molecule has 9 heteroatoms. The quantitative estimate of drug-likeness (QED) is 0.290. The predicted octanol–water partition coefficient (Wildman–Crippen LogP) is 5.85. The number of thiophene rings is 1. The van der Waals surface area contributed by atoms with Gasteiger partial charge in [-0.3, -0.25) is 14.9 Å². The molecule has 160 valence electrons. The fraction of sp³-hybridized carbons (Fsp3) is 0.130. The number of pyridine rings is 1. The van der Waals surface area contributed by atoms with Gasteiger partial charge >= 0.3 is 0 Å². The topological polar surface area (TPSA) is 111 Å². The molecule has 0 spiro atoms. The third-order valence-corrected chi connectivity index (χ3v) is 6.93. The average molecular weight is 465 g/mol. The summed E-state index contributed by atoms with van der Waals surface area (Å²) in [6, 6.07) is 13.3. The number of fused-ring (bicyclic) bond motifs is 2. The minimum absolute atomic E-state index is 0.0457. The Hall–Kier alpha value is -3.49. The summed E-state index contributed by atoms with van der Waals surface area (Å²) in [6.07, 6.45) is 2.84. The fourth-order valence-electron chi connectivity index (χ4n) is 4.10. The van der Waals surface area contributed by atoms with Crippen LogP contribution < -0.4 is 11.1 Å². The summed E-state index contributed by atoms with van der Waals surface area (Å²) in [6.45, 7) is 0. The van der Waals surface area contributed by atoms with Gasteiger partial charge < -0.3 is 11.1 Å². The van der Waals surface area contributed by atoms with E-state index >= 15 is 0 Å². The number of amides is 1. The van der Waals surface area contributed by atoms with Crippen LogP contribution in [0.15, 0.2) is 48.5 Å². The van der Waals surface area contributed by atoms with Gasteiger partial charge in [-0.2, -0.15) is 0 Å². The predicted molar refractivity (Wildman–Crippen MR) is 128 cm³/mol. The van der Waals surface area contributed by atoms with E-state index in [-0.39, 0.29) is 11.6 Å². The maximum atomic E-state index is 13.0. The second-order valence-electron chi connectivity index (χ2n) is 7.56. The summed E-state index contributed by atoms with van der Waals surface area (Å²) in [5.41, 5.74) is 11.5. The lowest BCUT2D eigenvalue weighted by atomic mass is 9.96. The SMILES string of the molecule is Nc1c(C(=O)Nc2ccc([N+](=O)[O-])cc2)sc2nc3c(c(-c4ccc(Cl)cc4)c12)CCC3. The molecule has 0 saturated heterocycles. The molecule has 1 aliphatic rings. The van der Waals surface area contributed by atoms with Crippen molar-refractivity contribution in [2.75, 3.05) is 11.1 Å². The molecular weight excluding hydrogens is 448 g/mol. The summed E-state index contributed by atoms with van der Waals surface area (Å²) in [5.74, 6) is -0.374. The number of carbonyl (C=O) groups excluding carboxylic acids is 1. The van der Waals surface area contributed by atoms with E-state index in [4.69, 9.17) is 22.3 Å². The molecule has 1 aliphatic carbocycles. The summed E-state index contributed by atoms with van der Waals surface area (Å²) >= 11 is 7.35. The smallest absolute Gasteiger partial charge is 0.269 e. The van der Waals surface area contributed by atoms with Crippen molar-refractivity contribution in [3.63, 3.8) is 0 Å². The molecule has 7 nitrogen and oxygen atoms in total. The summed E-state index contributed by atoms with van der Waals surface area (Å²) in [5, 5.41) is 15.0. The number of nitro groups is 1. The lowest BCUT2D eigenvalue weighted by Gasteiger charge is -2.11. The monoisotopic (exact) mass is 464 g/mol. The van der Waals surface area contributed by atoms with Crippen molar-refractivity contribution in [2.45, 2.75) is 19.3 Å². The molecule has 0 unspecified atom stereocenters. The van der Waals surface area contributed by atoms with Crippen molar-refractivity contribution in [2.24, 2.45) is 0 Å². The normalized spacial score (nSPS) is 12.7. The van der Waals surface area contributed by atoms with Gasteiger partial charge in [-0.15, -0.1) is 11.3 Å². The number of hydrogen-bond donors (Lipinski definition) is 2. The van der Waals surface area contributed by atoms with Gasteiger partial charge in [0, 0.05) is 33.9 Å². The van der Waals surface area contributed by atoms with Gasteiger partial charge in [0.15, 0.2) is 0 Å². The number of nitro benzene ring substituents is 1. The Morgan fingerprint density at radius 3 is 2.53 bits per heavy atom. The number of rotatable bonds is 4. The Balaban J connectivity index is 1.59. The van der Waals surface area contributed by atoms with Crippen molar-refractivity contribution < 1.29 is 9.72 Å². The molecule has 0 aliphatic heterocycles. The third kappa shape index (κ3) is 3.47. The van der Waals surface area contributed by atoms with E-state index in [2.05, 4.69) is 5.32 Å². The highest BCUT2D eigenvalue weighted by atomic mass is 35.5. The number of nitrogens with zero attached hydrogens (tertiary/aromatic N) is 2. The van der Waals surface area contributed by atoms with Gasteiger partial charge in [0.25, 0.3) is 11.6 Å². The number of anilines is 2. The van der Waals surface area contributed by atoms with Crippen LogP contribution in [0.3, 0.4) is 0 Å². The van der Waals surface area contributed by atoms with Crippen LogP contribution in [0.1, 0.15) is 27.3 Å². The van der Waals surface area contributed by atoms with Gasteiger partial charge in [0.05, 0.1) is 10.6 Å². The van der Waals surface area contributed by atoms with Crippen LogP contribution in [0.5, 0.6) is 0 Å². The number of halogens is 1. The summed E-state index contributed by atoms with van der Waals surface area (Å²) in [4.78, 5) is 29.3. The molecule has 0 saturated carbocycles. The number of carbonyl (C=O) groups is 1. The highest BCUT2D eigenvalue weighted by molar-refractivity contribution is 7.21. The highest BCUT2D eigenvalue weighted by Gasteiger charge is 2.26. The molecular formula is C23H17ClN4O3S. The van der Waals surface area contributed by atoms with Crippen LogP contribution in [-0.4, -0.2) is 15.8 Å². The minimum atomic E-state index is -0.487. The number of non-ortho nitro benzene ring substituents is 1. The van der Waals surface area contributed by atoms with Crippen molar-refractivity contribution >= 4 is 56.1 Å². The van der Waals surface area contributed by atoms with Crippen LogP contribution in [0, 0.1) is 10.1 Å². The molecule has 2 aromatic carbocycles. The second kappa shape index (κ2) is 7.89. The van der Waals surface area contributed by atoms with Gasteiger partial charge in [-0.05, 0) is 60.2 Å². The zero-order valence-electron chi connectivity index (χ0n) is 16.7. The van der Waals surface area contributed by atoms with Gasteiger partial charge in [-0.25, -0.2) is 4.98 Å². The highest BCUT2D eigenvalue weighted by Crippen LogP contribution is 2.44. The van der Waals surface area contributed by atoms with E-state index in [9.17, 15) is 14.9 Å². The van der Waals surface area contributed by atoms with Crippen LogP contribution in [0.2, 0.25) is 5.02 Å². The second-order valence-corrected chi connectivity index (χ2v) is 8.99. The van der Waals surface area contributed by atoms with Crippen LogP contribution in [0.4, 0.5) is 17.1 Å². The Bertz CT molecular complexity index is 1380. The van der Waals surface area contributed by atoms with Crippen molar-refractivity contribution in [1.29, 1.82) is 0 Å². The zero-order chi connectivity index (χ0) is 22.4. The Morgan fingerprint density at radius 2 is 1.84 bits per heavy atom. The van der Waals surface area contributed by atoms with E-state index in [0.29, 0.717) is 21.3 Å². The first kappa shape index (κ1) is 20.4. The van der Waals surface area contributed by atoms with Gasteiger partial charge in [0.1, 0.15) is 9.71 Å². The number of aryl methyl sites for hydroxylation is 1. The standard InChI is InChI=1S/C23H17ClN4O3S/c24-13-6-4-12(5-7-13)18-16-2-1-3-17(16)27-23-19(18)20(25)21(32-23)22(29)26-14-8-10-15(11-9-14)28(30)31/h4-11H,1-3,25H2,(H,26,29). The van der Waals surface area contributed by atoms with E-state index in [1.165, 1.54) is 41.2 Å². The first-order chi connectivity index (χ1) is 15.4. The van der Waals surface area contributed by atoms with E-state index in [1.807, 2.05) is 24.3 Å². The number of aromatic nitrogens is 1. The first-order valence-electron chi connectivity index (χ1n) is 9.98. The first-order valence-corrected chi connectivity index (χ1v) is 11.2. The Kier molecular flexibility index (Phi) is 5.03. The number of benzene rings is 2. The molecule has 2 aromatic heterocycles. The average Bonchev–Trinajstić information content (AvgIpc) is 3.37. The van der Waals surface area contributed by atoms with Crippen LogP contribution in [0.25, 0.3) is 21.3 Å². The van der Waals surface area contributed by atoms with Crippen LogP contribution >= 0.6 is 22.9 Å². The van der Waals surface area contributed by atoms with Crippen LogP contribution in [-0.2, 0) is 12.8 Å². The fourth-order valence-corrected chi connectivity index (χ4v) is 5.25. The van der Waals surface area contributed by atoms with E-state index in [1.54, 1.807) is 0 Å². The Morgan fingerprint density at radius 1 is 1.12 bits per heavy atom. The molecule has 4 aromatic rings. The number of nitrogens with one attached hydrogen (secondary N) is 1. The minimum Gasteiger partial charge on any atom is -0.397 e. The molecule has 1 amide bonds. The molecule has 0 fully saturated rings.